The van der Waals surface area contributed by atoms with Crippen LogP contribution in [-0.2, 0) is 0 Å². The van der Waals surface area contributed by atoms with Gasteiger partial charge in [-0.3, -0.25) is 0 Å². The highest BCUT2D eigenvalue weighted by Gasteiger charge is 2.08. The molecule has 0 unspecified atom stereocenters. The lowest BCUT2D eigenvalue weighted by Gasteiger charge is -2.03. The number of rotatable bonds is 12. The van der Waals surface area contributed by atoms with E-state index in [0.29, 0.717) is 0 Å². The van der Waals surface area contributed by atoms with Gasteiger partial charge in [-0.15, -0.1) is 46.2 Å². The van der Waals surface area contributed by atoms with Gasteiger partial charge in [0.05, 0.1) is 8.42 Å². The van der Waals surface area contributed by atoms with Gasteiger partial charge >= 0.3 is 0 Å². The van der Waals surface area contributed by atoms with Crippen molar-refractivity contribution < 1.29 is 0 Å². The van der Waals surface area contributed by atoms with E-state index < -0.39 is 0 Å². The van der Waals surface area contributed by atoms with Crippen molar-refractivity contribution >= 4 is 58.4 Å². The fourth-order valence-corrected chi connectivity index (χ4v) is 8.07. The van der Waals surface area contributed by atoms with E-state index >= 15 is 0 Å². The minimum Gasteiger partial charge on any atom is -0.113 e. The summed E-state index contributed by atoms with van der Waals surface area (Å²) >= 11 is 13.1. The van der Waals surface area contributed by atoms with Crippen LogP contribution in [0.15, 0.2) is 8.42 Å². The van der Waals surface area contributed by atoms with Gasteiger partial charge in [0.1, 0.15) is 3.14 Å². The molecular weight excluding hydrogens is 341 g/mol. The average molecular weight is 367 g/mol. The first-order chi connectivity index (χ1) is 9.77. The first-order valence-electron chi connectivity index (χ1n) is 7.67. The molecule has 0 nitrogen and oxygen atoms in total. The Morgan fingerprint density at radius 1 is 0.750 bits per heavy atom. The van der Waals surface area contributed by atoms with E-state index in [0.717, 1.165) is 3.14 Å². The summed E-state index contributed by atoms with van der Waals surface area (Å²) in [5, 5.41) is 0. The third-order valence-corrected chi connectivity index (χ3v) is 8.74. The fourth-order valence-electron chi connectivity index (χ4n) is 1.82. The Bertz CT molecular complexity index is 359. The number of hydrogen-bond donors (Lipinski definition) is 0. The Morgan fingerprint density at radius 3 is 1.60 bits per heavy atom. The molecule has 0 aliphatic heterocycles. The Hall–Kier alpha value is 0.970. The second-order valence-electron chi connectivity index (χ2n) is 4.85. The van der Waals surface area contributed by atoms with Gasteiger partial charge in [-0.1, -0.05) is 64.6 Å². The van der Waals surface area contributed by atoms with Crippen molar-refractivity contribution in [3.05, 3.63) is 3.14 Å². The van der Waals surface area contributed by atoms with Crippen LogP contribution >= 0.6 is 58.4 Å². The lowest BCUT2D eigenvalue weighted by Crippen LogP contribution is -1.82. The first kappa shape index (κ1) is 19.0. The molecular formula is C15H26S5. The van der Waals surface area contributed by atoms with Crippen molar-refractivity contribution in [2.45, 2.75) is 73.6 Å². The summed E-state index contributed by atoms with van der Waals surface area (Å²) in [6, 6.07) is 0. The maximum atomic E-state index is 5.37. The molecule has 0 aliphatic carbocycles. The van der Waals surface area contributed by atoms with E-state index in [1.807, 2.05) is 46.2 Å². The van der Waals surface area contributed by atoms with Crippen LogP contribution in [-0.4, -0.2) is 11.5 Å². The summed E-state index contributed by atoms with van der Waals surface area (Å²) in [4.78, 5) is 0. The summed E-state index contributed by atoms with van der Waals surface area (Å²) < 4.78 is 4.06. The van der Waals surface area contributed by atoms with Gasteiger partial charge < -0.3 is 0 Å². The second kappa shape index (κ2) is 12.5. The zero-order chi connectivity index (χ0) is 14.6. The van der Waals surface area contributed by atoms with Gasteiger partial charge in [-0.25, -0.2) is 0 Å². The van der Waals surface area contributed by atoms with Gasteiger partial charge in [-0.05, 0) is 24.3 Å². The molecule has 1 heterocycles. The second-order valence-corrected chi connectivity index (χ2v) is 10.8. The predicted octanol–water partition coefficient (Wildman–Crippen LogP) is 7.88. The van der Waals surface area contributed by atoms with Crippen molar-refractivity contribution in [2.75, 3.05) is 11.5 Å². The van der Waals surface area contributed by atoms with E-state index in [4.69, 9.17) is 12.2 Å². The monoisotopic (exact) mass is 366 g/mol. The van der Waals surface area contributed by atoms with E-state index in [9.17, 15) is 0 Å². The highest BCUT2D eigenvalue weighted by atomic mass is 32.2. The SMILES string of the molecule is CCCCCCSc1sc(=S)sc1SCCCCCC. The van der Waals surface area contributed by atoms with E-state index in [2.05, 4.69) is 13.8 Å². The third-order valence-electron chi connectivity index (χ3n) is 2.98. The Balaban J connectivity index is 2.29. The molecule has 0 spiro atoms. The van der Waals surface area contributed by atoms with Crippen LogP contribution in [0.4, 0.5) is 0 Å². The minimum absolute atomic E-state index is 1.09. The van der Waals surface area contributed by atoms with Crippen LogP contribution in [0.25, 0.3) is 0 Å². The van der Waals surface area contributed by atoms with Gasteiger partial charge in [0.15, 0.2) is 0 Å². The highest BCUT2D eigenvalue weighted by Crippen LogP contribution is 2.41. The topological polar surface area (TPSA) is 0 Å². The zero-order valence-electron chi connectivity index (χ0n) is 12.6. The maximum Gasteiger partial charge on any atom is 0.145 e. The van der Waals surface area contributed by atoms with Gasteiger partial charge in [0.25, 0.3) is 0 Å². The maximum absolute atomic E-state index is 5.37. The normalized spacial score (nSPS) is 11.1. The molecule has 5 heteroatoms. The predicted molar refractivity (Wildman–Crippen MR) is 103 cm³/mol. The molecule has 0 bridgehead atoms. The zero-order valence-corrected chi connectivity index (χ0v) is 16.7. The molecule has 0 N–H and O–H groups in total. The van der Waals surface area contributed by atoms with Crippen molar-refractivity contribution in [2.24, 2.45) is 0 Å². The molecule has 0 saturated heterocycles. The van der Waals surface area contributed by atoms with Gasteiger partial charge in [-0.2, -0.15) is 0 Å². The summed E-state index contributed by atoms with van der Waals surface area (Å²) in [5.41, 5.74) is 0. The molecule has 1 aromatic heterocycles. The van der Waals surface area contributed by atoms with Crippen LogP contribution in [0, 0.1) is 3.14 Å². The molecule has 0 saturated carbocycles. The van der Waals surface area contributed by atoms with Crippen molar-refractivity contribution in [1.29, 1.82) is 0 Å². The van der Waals surface area contributed by atoms with Crippen molar-refractivity contribution in [3.63, 3.8) is 0 Å². The van der Waals surface area contributed by atoms with Crippen LogP contribution < -0.4 is 0 Å². The largest absolute Gasteiger partial charge is 0.145 e. The number of unbranched alkanes of at least 4 members (excludes halogenated alkanes) is 6. The molecule has 1 aromatic rings. The van der Waals surface area contributed by atoms with Crippen LogP contribution in [0.5, 0.6) is 0 Å². The average Bonchev–Trinajstić information content (AvgIpc) is 2.79. The van der Waals surface area contributed by atoms with Gasteiger partial charge in [0.2, 0.25) is 0 Å². The Morgan fingerprint density at radius 2 is 1.20 bits per heavy atom. The minimum atomic E-state index is 1.09. The summed E-state index contributed by atoms with van der Waals surface area (Å²) in [7, 11) is 0. The van der Waals surface area contributed by atoms with Crippen molar-refractivity contribution in [1.82, 2.24) is 0 Å². The first-order valence-corrected chi connectivity index (χ1v) is 11.7. The fraction of sp³-hybridized carbons (Fsp3) is 0.800. The van der Waals surface area contributed by atoms with E-state index in [-0.39, 0.29) is 0 Å². The molecule has 0 radical (unpaired) electrons. The number of thioether (sulfide) groups is 2. The molecule has 0 amide bonds. The van der Waals surface area contributed by atoms with Crippen LogP contribution in [0.2, 0.25) is 0 Å². The lowest BCUT2D eigenvalue weighted by molar-refractivity contribution is 0.706. The molecule has 0 aromatic carbocycles. The summed E-state index contributed by atoms with van der Waals surface area (Å²) in [6.45, 7) is 4.54. The molecule has 0 aliphatic rings. The van der Waals surface area contributed by atoms with Crippen LogP contribution in [0.1, 0.15) is 65.2 Å². The quantitative estimate of drug-likeness (QED) is 0.210. The standard InChI is InChI=1S/C15H26S5/c1-3-5-7-9-11-17-13-14(20-15(16)19-13)18-12-10-8-6-4-2/h3-12H2,1-2H3. The lowest BCUT2D eigenvalue weighted by atomic mass is 10.2. The number of hydrogen-bond acceptors (Lipinski definition) is 5. The van der Waals surface area contributed by atoms with E-state index in [1.54, 1.807) is 0 Å². The Labute approximate surface area is 146 Å². The molecule has 116 valence electrons. The van der Waals surface area contributed by atoms with E-state index in [1.165, 1.54) is 71.3 Å². The van der Waals surface area contributed by atoms with Crippen LogP contribution in [0.3, 0.4) is 0 Å². The molecule has 0 fully saturated rings. The smallest absolute Gasteiger partial charge is 0.113 e. The van der Waals surface area contributed by atoms with Gasteiger partial charge in [0, 0.05) is 0 Å². The molecule has 1 rings (SSSR count). The third kappa shape index (κ3) is 8.42. The molecule has 0 atom stereocenters. The van der Waals surface area contributed by atoms with Crippen molar-refractivity contribution in [3.8, 4) is 0 Å². The summed E-state index contributed by atoms with van der Waals surface area (Å²) in [5.74, 6) is 2.51. The summed E-state index contributed by atoms with van der Waals surface area (Å²) in [6.07, 6.45) is 10.8. The highest BCUT2D eigenvalue weighted by molar-refractivity contribution is 8.05. The Kier molecular flexibility index (Phi) is 11.9. The molecule has 20 heavy (non-hydrogen) atoms.